The highest BCUT2D eigenvalue weighted by molar-refractivity contribution is 9.09. The van der Waals surface area contributed by atoms with E-state index in [1.807, 2.05) is 19.9 Å². The third kappa shape index (κ3) is 3.46. The SMILES string of the molecule is CN(C(=O)Cc1ccccc1O)C(C)(C)CBr. The molecule has 0 saturated heterocycles. The van der Waals surface area contributed by atoms with Gasteiger partial charge in [-0.1, -0.05) is 34.1 Å². The van der Waals surface area contributed by atoms with E-state index in [9.17, 15) is 9.90 Å². The molecule has 0 heterocycles. The molecule has 3 nitrogen and oxygen atoms in total. The zero-order chi connectivity index (χ0) is 13.1. The summed E-state index contributed by atoms with van der Waals surface area (Å²) < 4.78 is 0. The highest BCUT2D eigenvalue weighted by Gasteiger charge is 2.26. The molecule has 0 aliphatic rings. The van der Waals surface area contributed by atoms with Gasteiger partial charge in [0.25, 0.3) is 0 Å². The lowest BCUT2D eigenvalue weighted by molar-refractivity contribution is -0.133. The summed E-state index contributed by atoms with van der Waals surface area (Å²) in [5, 5.41) is 10.3. The van der Waals surface area contributed by atoms with Crippen LogP contribution in [0.25, 0.3) is 0 Å². The van der Waals surface area contributed by atoms with Crippen LogP contribution in [0.2, 0.25) is 0 Å². The number of benzene rings is 1. The Morgan fingerprint density at radius 3 is 2.53 bits per heavy atom. The Kier molecular flexibility index (Phi) is 4.57. The van der Waals surface area contributed by atoms with Crippen molar-refractivity contribution in [2.45, 2.75) is 25.8 Å². The van der Waals surface area contributed by atoms with Crippen molar-refractivity contribution < 1.29 is 9.90 Å². The van der Waals surface area contributed by atoms with Gasteiger partial charge in [0.1, 0.15) is 5.75 Å². The number of para-hydroxylation sites is 1. The van der Waals surface area contributed by atoms with Crippen LogP contribution in [0.3, 0.4) is 0 Å². The number of rotatable bonds is 4. The second-order valence-corrected chi connectivity index (χ2v) is 5.27. The standard InChI is InChI=1S/C13H18BrNO2/c1-13(2,9-14)15(3)12(17)8-10-6-4-5-7-11(10)16/h4-7,16H,8-9H2,1-3H3. The van der Waals surface area contributed by atoms with Crippen LogP contribution < -0.4 is 0 Å². The number of likely N-dealkylation sites (N-methyl/N-ethyl adjacent to an activating group) is 1. The maximum absolute atomic E-state index is 12.1. The fraction of sp³-hybridized carbons (Fsp3) is 0.462. The molecular weight excluding hydrogens is 282 g/mol. The van der Waals surface area contributed by atoms with E-state index in [4.69, 9.17) is 0 Å². The minimum absolute atomic E-state index is 0.00375. The third-order valence-electron chi connectivity index (χ3n) is 2.94. The Bertz CT molecular complexity index is 404. The van der Waals surface area contributed by atoms with Gasteiger partial charge in [-0.05, 0) is 19.9 Å². The first kappa shape index (κ1) is 14.0. The molecule has 4 heteroatoms. The molecule has 0 radical (unpaired) electrons. The number of halogens is 1. The Morgan fingerprint density at radius 2 is 2.00 bits per heavy atom. The monoisotopic (exact) mass is 299 g/mol. The zero-order valence-electron chi connectivity index (χ0n) is 10.4. The first-order valence-electron chi connectivity index (χ1n) is 5.48. The quantitative estimate of drug-likeness (QED) is 0.868. The number of alkyl halides is 1. The molecule has 0 atom stereocenters. The van der Waals surface area contributed by atoms with Gasteiger partial charge in [-0.2, -0.15) is 0 Å². The van der Waals surface area contributed by atoms with Gasteiger partial charge in [0, 0.05) is 23.5 Å². The van der Waals surface area contributed by atoms with Crippen LogP contribution in [0.4, 0.5) is 0 Å². The number of phenols is 1. The largest absolute Gasteiger partial charge is 0.508 e. The van der Waals surface area contributed by atoms with Crippen LogP contribution in [-0.2, 0) is 11.2 Å². The summed E-state index contributed by atoms with van der Waals surface area (Å²) in [6.45, 7) is 3.98. The number of aromatic hydroxyl groups is 1. The molecule has 0 saturated carbocycles. The minimum Gasteiger partial charge on any atom is -0.508 e. The van der Waals surface area contributed by atoms with Crippen LogP contribution in [0, 0.1) is 0 Å². The summed E-state index contributed by atoms with van der Waals surface area (Å²) >= 11 is 3.40. The van der Waals surface area contributed by atoms with Crippen molar-refractivity contribution in [3.63, 3.8) is 0 Å². The van der Waals surface area contributed by atoms with Crippen molar-refractivity contribution in [3.8, 4) is 5.75 Å². The molecule has 1 aromatic rings. The van der Waals surface area contributed by atoms with Crippen LogP contribution in [0.15, 0.2) is 24.3 Å². The first-order valence-corrected chi connectivity index (χ1v) is 6.60. The first-order chi connectivity index (χ1) is 7.88. The predicted octanol–water partition coefficient (Wildman–Crippen LogP) is 2.57. The summed E-state index contributed by atoms with van der Waals surface area (Å²) in [4.78, 5) is 13.8. The van der Waals surface area contributed by atoms with E-state index < -0.39 is 0 Å². The molecule has 94 valence electrons. The topological polar surface area (TPSA) is 40.5 Å². The number of phenolic OH excluding ortho intramolecular Hbond substituents is 1. The van der Waals surface area contributed by atoms with Gasteiger partial charge in [0.15, 0.2) is 0 Å². The highest BCUT2D eigenvalue weighted by atomic mass is 79.9. The minimum atomic E-state index is -0.235. The number of hydrogen-bond acceptors (Lipinski definition) is 2. The number of carbonyl (C=O) groups is 1. The van der Waals surface area contributed by atoms with Crippen molar-refractivity contribution >= 4 is 21.8 Å². The molecule has 0 spiro atoms. The van der Waals surface area contributed by atoms with E-state index in [1.165, 1.54) is 0 Å². The predicted molar refractivity (Wildman–Crippen MR) is 72.5 cm³/mol. The number of hydrogen-bond donors (Lipinski definition) is 1. The van der Waals surface area contributed by atoms with Gasteiger partial charge in [0.05, 0.1) is 6.42 Å². The Balaban J connectivity index is 2.77. The fourth-order valence-corrected chi connectivity index (χ4v) is 1.75. The molecule has 0 aliphatic carbocycles. The van der Waals surface area contributed by atoms with E-state index >= 15 is 0 Å². The molecule has 0 fully saturated rings. The second kappa shape index (κ2) is 5.54. The van der Waals surface area contributed by atoms with Gasteiger partial charge in [-0.3, -0.25) is 4.79 Å². The van der Waals surface area contributed by atoms with E-state index in [0.717, 1.165) is 0 Å². The summed E-state index contributed by atoms with van der Waals surface area (Å²) in [6, 6.07) is 6.92. The molecule has 0 unspecified atom stereocenters. The highest BCUT2D eigenvalue weighted by Crippen LogP contribution is 2.20. The van der Waals surface area contributed by atoms with Gasteiger partial charge in [-0.25, -0.2) is 0 Å². The van der Waals surface area contributed by atoms with Gasteiger partial charge >= 0.3 is 0 Å². The summed E-state index contributed by atoms with van der Waals surface area (Å²) in [7, 11) is 1.78. The molecule has 1 rings (SSSR count). The number of carbonyl (C=O) groups excluding carboxylic acids is 1. The molecule has 1 aromatic carbocycles. The van der Waals surface area contributed by atoms with Gasteiger partial charge in [-0.15, -0.1) is 0 Å². The van der Waals surface area contributed by atoms with Gasteiger partial charge < -0.3 is 10.0 Å². The molecule has 1 N–H and O–H groups in total. The van der Waals surface area contributed by atoms with Crippen molar-refractivity contribution in [1.29, 1.82) is 0 Å². The van der Waals surface area contributed by atoms with Crippen LogP contribution in [0.5, 0.6) is 5.75 Å². The van der Waals surface area contributed by atoms with Gasteiger partial charge in [0.2, 0.25) is 5.91 Å². The molecule has 1 amide bonds. The Labute approximate surface area is 111 Å². The lowest BCUT2D eigenvalue weighted by Crippen LogP contribution is -2.46. The molecular formula is C13H18BrNO2. The van der Waals surface area contributed by atoms with Crippen LogP contribution in [-0.4, -0.2) is 33.8 Å². The molecule has 0 aromatic heterocycles. The fourth-order valence-electron chi connectivity index (χ4n) is 1.37. The second-order valence-electron chi connectivity index (χ2n) is 4.70. The zero-order valence-corrected chi connectivity index (χ0v) is 12.0. The van der Waals surface area contributed by atoms with Crippen molar-refractivity contribution in [1.82, 2.24) is 4.90 Å². The molecule has 0 bridgehead atoms. The van der Waals surface area contributed by atoms with Crippen LogP contribution >= 0.6 is 15.9 Å². The Morgan fingerprint density at radius 1 is 1.41 bits per heavy atom. The number of nitrogens with zero attached hydrogens (tertiary/aromatic N) is 1. The normalized spacial score (nSPS) is 11.3. The maximum atomic E-state index is 12.1. The van der Waals surface area contributed by atoms with E-state index in [2.05, 4.69) is 15.9 Å². The smallest absolute Gasteiger partial charge is 0.227 e. The maximum Gasteiger partial charge on any atom is 0.227 e. The lowest BCUT2D eigenvalue weighted by Gasteiger charge is -2.34. The van der Waals surface area contributed by atoms with Crippen molar-refractivity contribution in [2.75, 3.05) is 12.4 Å². The summed E-state index contributed by atoms with van der Waals surface area (Å²) in [5.41, 5.74) is 0.427. The van der Waals surface area contributed by atoms with Crippen molar-refractivity contribution in [3.05, 3.63) is 29.8 Å². The lowest BCUT2D eigenvalue weighted by atomic mass is 10.0. The van der Waals surface area contributed by atoms with Crippen molar-refractivity contribution in [2.24, 2.45) is 0 Å². The van der Waals surface area contributed by atoms with E-state index in [-0.39, 0.29) is 23.6 Å². The average molecular weight is 300 g/mol. The van der Waals surface area contributed by atoms with E-state index in [1.54, 1.807) is 30.1 Å². The molecule has 0 aliphatic heterocycles. The molecule has 17 heavy (non-hydrogen) atoms. The number of amides is 1. The van der Waals surface area contributed by atoms with E-state index in [0.29, 0.717) is 10.9 Å². The average Bonchev–Trinajstić information content (AvgIpc) is 2.31. The summed E-state index contributed by atoms with van der Waals surface area (Å²) in [6.07, 6.45) is 0.222. The summed E-state index contributed by atoms with van der Waals surface area (Å²) in [5.74, 6) is 0.168. The van der Waals surface area contributed by atoms with Crippen LogP contribution in [0.1, 0.15) is 19.4 Å². The third-order valence-corrected chi connectivity index (χ3v) is 4.31. The Hall–Kier alpha value is -1.03.